The van der Waals surface area contributed by atoms with Crippen molar-refractivity contribution in [1.82, 2.24) is 0 Å². The third-order valence-corrected chi connectivity index (χ3v) is 5.53. The van der Waals surface area contributed by atoms with Crippen LogP contribution in [0.15, 0.2) is 100 Å². The molecule has 0 bridgehead atoms. The van der Waals surface area contributed by atoms with E-state index >= 15 is 0 Å². The first kappa shape index (κ1) is 20.8. The monoisotopic (exact) mass is 472 g/mol. The number of allylic oxidation sites excluding steroid dienone is 2. The van der Waals surface area contributed by atoms with Gasteiger partial charge in [0.05, 0.1) is 24.1 Å². The van der Waals surface area contributed by atoms with E-state index in [9.17, 15) is 4.79 Å². The number of halogens is 1. The lowest BCUT2D eigenvalue weighted by Gasteiger charge is -2.13. The molecular weight excluding hydrogens is 452 g/mol. The quantitative estimate of drug-likeness (QED) is 0.406. The molecule has 0 N–H and O–H groups in total. The molecule has 0 aliphatic carbocycles. The summed E-state index contributed by atoms with van der Waals surface area (Å²) in [6, 6.07) is 25.2. The molecule has 0 atom stereocenters. The van der Waals surface area contributed by atoms with E-state index in [0.29, 0.717) is 11.3 Å². The van der Waals surface area contributed by atoms with Crippen molar-refractivity contribution in [3.05, 3.63) is 106 Å². The fraction of sp³-hybridized carbons (Fsp3) is 0.0769. The maximum atomic E-state index is 13.4. The zero-order chi connectivity index (χ0) is 21.8. The molecule has 1 heterocycles. The van der Waals surface area contributed by atoms with Crippen LogP contribution in [0.5, 0.6) is 5.75 Å². The van der Waals surface area contributed by atoms with Crippen LogP contribution in [-0.2, 0) is 4.79 Å². The van der Waals surface area contributed by atoms with Crippen LogP contribution >= 0.6 is 15.9 Å². The van der Waals surface area contributed by atoms with Gasteiger partial charge in [-0.05, 0) is 60.0 Å². The summed E-state index contributed by atoms with van der Waals surface area (Å²) in [6.07, 6.45) is 3.97. The number of para-hydroxylation sites is 1. The van der Waals surface area contributed by atoms with Crippen molar-refractivity contribution in [1.29, 1.82) is 0 Å². The van der Waals surface area contributed by atoms with Gasteiger partial charge in [-0.1, -0.05) is 70.5 Å². The average Bonchev–Trinajstić information content (AvgIpc) is 3.10. The molecule has 0 saturated carbocycles. The molecule has 4 nitrogen and oxygen atoms in total. The van der Waals surface area contributed by atoms with Crippen LogP contribution in [-0.4, -0.2) is 18.7 Å². The van der Waals surface area contributed by atoms with E-state index < -0.39 is 0 Å². The Labute approximate surface area is 190 Å². The van der Waals surface area contributed by atoms with Gasteiger partial charge in [0.1, 0.15) is 5.75 Å². The van der Waals surface area contributed by atoms with Crippen LogP contribution in [0.3, 0.4) is 0 Å². The maximum absolute atomic E-state index is 13.4. The largest absolute Gasteiger partial charge is 0.497 e. The molecule has 3 aromatic carbocycles. The lowest BCUT2D eigenvalue weighted by molar-refractivity contribution is -0.114. The Morgan fingerprint density at radius 1 is 0.968 bits per heavy atom. The average molecular weight is 473 g/mol. The molecule has 1 aliphatic heterocycles. The highest BCUT2D eigenvalue weighted by Crippen LogP contribution is 2.31. The third kappa shape index (κ3) is 4.52. The van der Waals surface area contributed by atoms with Crippen molar-refractivity contribution < 1.29 is 9.53 Å². The molecular formula is C26H21BrN2O2. The minimum Gasteiger partial charge on any atom is -0.497 e. The minimum absolute atomic E-state index is 0.138. The van der Waals surface area contributed by atoms with Crippen LogP contribution < -0.4 is 9.75 Å². The number of carbonyl (C=O) groups is 1. The third-order valence-electron chi connectivity index (χ3n) is 5.00. The second kappa shape index (κ2) is 9.14. The summed E-state index contributed by atoms with van der Waals surface area (Å²) >= 11 is 3.49. The van der Waals surface area contributed by atoms with Gasteiger partial charge in [0.25, 0.3) is 5.91 Å². The predicted octanol–water partition coefficient (Wildman–Crippen LogP) is 6.35. The Bertz CT molecular complexity index is 1180. The Morgan fingerprint density at radius 2 is 1.65 bits per heavy atom. The van der Waals surface area contributed by atoms with Crippen molar-refractivity contribution in [2.45, 2.75) is 6.92 Å². The number of rotatable bonds is 5. The Kier molecular flexibility index (Phi) is 6.14. The number of ether oxygens (including phenoxy) is 1. The first-order valence-corrected chi connectivity index (χ1v) is 10.6. The fourth-order valence-electron chi connectivity index (χ4n) is 3.41. The molecule has 4 rings (SSSR count). The van der Waals surface area contributed by atoms with E-state index in [-0.39, 0.29) is 5.91 Å². The number of amides is 1. The highest BCUT2D eigenvalue weighted by atomic mass is 79.9. The molecule has 0 aromatic heterocycles. The number of hydrogen-bond donors (Lipinski definition) is 0. The molecule has 0 spiro atoms. The van der Waals surface area contributed by atoms with Gasteiger partial charge >= 0.3 is 0 Å². The zero-order valence-electron chi connectivity index (χ0n) is 17.2. The summed E-state index contributed by atoms with van der Waals surface area (Å²) in [4.78, 5) is 13.4. The van der Waals surface area contributed by atoms with Crippen LogP contribution in [0.4, 0.5) is 5.69 Å². The summed E-state index contributed by atoms with van der Waals surface area (Å²) in [5.74, 6) is 0.664. The van der Waals surface area contributed by atoms with Gasteiger partial charge in [-0.3, -0.25) is 4.79 Å². The summed E-state index contributed by atoms with van der Waals surface area (Å²) < 4.78 is 6.22. The molecule has 0 fully saturated rings. The number of hydrazone groups is 1. The lowest BCUT2D eigenvalue weighted by atomic mass is 9.96. The van der Waals surface area contributed by atoms with Gasteiger partial charge in [0.2, 0.25) is 0 Å². The number of carbonyl (C=O) groups excluding carboxylic acids is 1. The summed E-state index contributed by atoms with van der Waals surface area (Å²) in [6.45, 7) is 1.87. The smallest absolute Gasteiger partial charge is 0.281 e. The van der Waals surface area contributed by atoms with Crippen molar-refractivity contribution in [2.75, 3.05) is 12.1 Å². The first-order valence-electron chi connectivity index (χ1n) is 9.84. The van der Waals surface area contributed by atoms with Crippen molar-refractivity contribution in [3.8, 4) is 5.75 Å². The van der Waals surface area contributed by atoms with Crippen molar-refractivity contribution >= 4 is 44.9 Å². The molecule has 1 amide bonds. The molecule has 31 heavy (non-hydrogen) atoms. The highest BCUT2D eigenvalue weighted by molar-refractivity contribution is 9.10. The Morgan fingerprint density at radius 3 is 2.29 bits per heavy atom. The van der Waals surface area contributed by atoms with E-state index in [4.69, 9.17) is 4.74 Å². The normalized spacial score (nSPS) is 15.4. The maximum Gasteiger partial charge on any atom is 0.281 e. The summed E-state index contributed by atoms with van der Waals surface area (Å²) in [5.41, 5.74) is 4.81. The van der Waals surface area contributed by atoms with E-state index in [1.807, 2.05) is 97.9 Å². The lowest BCUT2D eigenvalue weighted by Crippen LogP contribution is -2.21. The second-order valence-electron chi connectivity index (χ2n) is 7.04. The van der Waals surface area contributed by atoms with Crippen molar-refractivity contribution in [3.63, 3.8) is 0 Å². The van der Waals surface area contributed by atoms with E-state index in [1.54, 1.807) is 7.11 Å². The SMILES string of the molecule is COc1ccc(C=CC(=C2C(=O)N(c3ccccc3)N=C2C)c2ccc(Br)cc2)cc1. The molecule has 0 unspecified atom stereocenters. The van der Waals surface area contributed by atoms with Crippen molar-refractivity contribution in [2.24, 2.45) is 5.10 Å². The molecule has 3 aromatic rings. The van der Waals surface area contributed by atoms with Gasteiger partial charge in [-0.2, -0.15) is 10.1 Å². The number of anilines is 1. The standard InChI is InChI=1S/C26H21BrN2O2/c1-18-25(26(30)29(28-18)22-6-4-3-5-7-22)24(20-11-13-21(27)14-12-20)17-10-19-8-15-23(31-2)16-9-19/h3-17H,1-2H3. The summed E-state index contributed by atoms with van der Waals surface area (Å²) in [5, 5.41) is 6.01. The van der Waals surface area contributed by atoms with E-state index in [0.717, 1.165) is 32.6 Å². The molecule has 154 valence electrons. The topological polar surface area (TPSA) is 41.9 Å². The molecule has 0 saturated heterocycles. The van der Waals surface area contributed by atoms with Gasteiger partial charge < -0.3 is 4.74 Å². The Hall–Kier alpha value is -3.44. The Balaban J connectivity index is 1.79. The molecule has 5 heteroatoms. The summed E-state index contributed by atoms with van der Waals surface area (Å²) in [7, 11) is 1.65. The molecule has 1 aliphatic rings. The molecule has 0 radical (unpaired) electrons. The van der Waals surface area contributed by atoms with Gasteiger partial charge in [-0.25, -0.2) is 0 Å². The van der Waals surface area contributed by atoms with E-state index in [2.05, 4.69) is 21.0 Å². The van der Waals surface area contributed by atoms with Crippen LogP contribution in [0, 0.1) is 0 Å². The first-order chi connectivity index (χ1) is 15.1. The predicted molar refractivity (Wildman–Crippen MR) is 130 cm³/mol. The number of nitrogens with zero attached hydrogens (tertiary/aromatic N) is 2. The van der Waals surface area contributed by atoms with Crippen LogP contribution in [0.1, 0.15) is 18.1 Å². The number of benzene rings is 3. The highest BCUT2D eigenvalue weighted by Gasteiger charge is 2.31. The van der Waals surface area contributed by atoms with Gasteiger partial charge in [-0.15, -0.1) is 0 Å². The van der Waals surface area contributed by atoms with Crippen LogP contribution in [0.2, 0.25) is 0 Å². The van der Waals surface area contributed by atoms with Gasteiger partial charge in [0, 0.05) is 4.47 Å². The number of hydrogen-bond acceptors (Lipinski definition) is 3. The second-order valence-corrected chi connectivity index (χ2v) is 7.96. The van der Waals surface area contributed by atoms with Crippen LogP contribution in [0.25, 0.3) is 11.6 Å². The number of methoxy groups -OCH3 is 1. The minimum atomic E-state index is -0.138. The van der Waals surface area contributed by atoms with E-state index in [1.165, 1.54) is 5.01 Å². The van der Waals surface area contributed by atoms with Gasteiger partial charge in [0.15, 0.2) is 0 Å². The zero-order valence-corrected chi connectivity index (χ0v) is 18.8. The fourth-order valence-corrected chi connectivity index (χ4v) is 3.67.